The van der Waals surface area contributed by atoms with E-state index >= 15 is 0 Å². The molecule has 3 fully saturated rings. The fourth-order valence-electron chi connectivity index (χ4n) is 4.42. The van der Waals surface area contributed by atoms with Crippen LogP contribution in [0.3, 0.4) is 0 Å². The first-order valence-corrected chi connectivity index (χ1v) is 8.68. The quantitative estimate of drug-likeness (QED) is 0.847. The Balaban J connectivity index is 1.62. The van der Waals surface area contributed by atoms with Gasteiger partial charge >= 0.3 is 0 Å². The fourth-order valence-corrected chi connectivity index (χ4v) is 5.63. The Labute approximate surface area is 116 Å². The Morgan fingerprint density at radius 1 is 1.28 bits per heavy atom. The van der Waals surface area contributed by atoms with E-state index in [0.717, 1.165) is 23.8 Å². The van der Waals surface area contributed by atoms with Crippen LogP contribution in [0.4, 0.5) is 0 Å². The third-order valence-electron chi connectivity index (χ3n) is 5.33. The van der Waals surface area contributed by atoms with Crippen LogP contribution >= 0.6 is 11.8 Å². The lowest BCUT2D eigenvalue weighted by atomic mass is 9.57. The van der Waals surface area contributed by atoms with Gasteiger partial charge in [-0.25, -0.2) is 0 Å². The fraction of sp³-hybridized carbons (Fsp3) is 1.00. The monoisotopic (exact) mass is 269 g/mol. The lowest BCUT2D eigenvalue weighted by Gasteiger charge is -2.56. The standard InChI is InChI=1S/C15H27NOS/c1-4-18-12-7-5-6-11(12)16-13-10-8-9-17-14(10)15(13,2)3/h10-14,16H,4-9H2,1-3H3. The van der Waals surface area contributed by atoms with Crippen LogP contribution in [0.2, 0.25) is 0 Å². The Kier molecular flexibility index (Phi) is 3.68. The van der Waals surface area contributed by atoms with Crippen molar-refractivity contribution >= 4 is 11.8 Å². The molecule has 5 unspecified atom stereocenters. The molecule has 2 saturated carbocycles. The lowest BCUT2D eigenvalue weighted by molar-refractivity contribution is -0.115. The predicted molar refractivity (Wildman–Crippen MR) is 78.1 cm³/mol. The summed E-state index contributed by atoms with van der Waals surface area (Å²) in [5.74, 6) is 2.04. The molecule has 0 radical (unpaired) electrons. The van der Waals surface area contributed by atoms with Gasteiger partial charge in [0.15, 0.2) is 0 Å². The molecule has 18 heavy (non-hydrogen) atoms. The molecule has 0 aromatic rings. The largest absolute Gasteiger partial charge is 0.377 e. The summed E-state index contributed by atoms with van der Waals surface area (Å²) in [5, 5.41) is 4.86. The number of nitrogens with one attached hydrogen (secondary N) is 1. The number of thioether (sulfide) groups is 1. The Hall–Kier alpha value is 0.270. The number of rotatable bonds is 4. The minimum Gasteiger partial charge on any atom is -0.377 e. The second kappa shape index (κ2) is 4.99. The molecule has 3 aliphatic rings. The highest BCUT2D eigenvalue weighted by atomic mass is 32.2. The van der Waals surface area contributed by atoms with Crippen molar-refractivity contribution in [2.24, 2.45) is 11.3 Å². The maximum Gasteiger partial charge on any atom is 0.0685 e. The van der Waals surface area contributed by atoms with Gasteiger partial charge in [0.2, 0.25) is 0 Å². The molecule has 2 nitrogen and oxygen atoms in total. The van der Waals surface area contributed by atoms with Gasteiger partial charge in [0.05, 0.1) is 6.10 Å². The number of hydrogen-bond acceptors (Lipinski definition) is 3. The Morgan fingerprint density at radius 3 is 2.89 bits per heavy atom. The molecular weight excluding hydrogens is 242 g/mol. The smallest absolute Gasteiger partial charge is 0.0685 e. The Morgan fingerprint density at radius 2 is 2.11 bits per heavy atom. The highest BCUT2D eigenvalue weighted by Gasteiger charge is 2.59. The van der Waals surface area contributed by atoms with Gasteiger partial charge in [-0.05, 0) is 25.0 Å². The second-order valence-electron chi connectivity index (χ2n) is 6.74. The molecule has 3 heteroatoms. The van der Waals surface area contributed by atoms with Crippen LogP contribution in [0.15, 0.2) is 0 Å². The van der Waals surface area contributed by atoms with Gasteiger partial charge in [-0.2, -0.15) is 11.8 Å². The zero-order valence-corrected chi connectivity index (χ0v) is 12.8. The molecule has 1 heterocycles. The van der Waals surface area contributed by atoms with E-state index in [2.05, 4.69) is 37.8 Å². The summed E-state index contributed by atoms with van der Waals surface area (Å²) in [5.41, 5.74) is 0.338. The molecule has 3 rings (SSSR count). The van der Waals surface area contributed by atoms with E-state index in [-0.39, 0.29) is 0 Å². The van der Waals surface area contributed by atoms with Crippen molar-refractivity contribution in [2.75, 3.05) is 12.4 Å². The number of hydrogen-bond donors (Lipinski definition) is 1. The third-order valence-corrected chi connectivity index (χ3v) is 6.65. The highest BCUT2D eigenvalue weighted by Crippen LogP contribution is 2.52. The molecule has 0 aromatic heterocycles. The maximum atomic E-state index is 5.89. The molecule has 1 saturated heterocycles. The first-order chi connectivity index (χ1) is 8.64. The van der Waals surface area contributed by atoms with Gasteiger partial charge in [-0.1, -0.05) is 27.2 Å². The van der Waals surface area contributed by atoms with E-state index in [9.17, 15) is 0 Å². The first-order valence-electron chi connectivity index (χ1n) is 7.64. The van der Waals surface area contributed by atoms with Gasteiger partial charge in [0.25, 0.3) is 0 Å². The van der Waals surface area contributed by atoms with E-state index in [1.807, 2.05) is 0 Å². The topological polar surface area (TPSA) is 21.3 Å². The van der Waals surface area contributed by atoms with Crippen LogP contribution in [0.25, 0.3) is 0 Å². The second-order valence-corrected chi connectivity index (χ2v) is 8.26. The SMILES string of the molecule is CCSC1CCCC1NC1C2CCOC2C1(C)C. The summed E-state index contributed by atoms with van der Waals surface area (Å²) < 4.78 is 5.89. The van der Waals surface area contributed by atoms with Crippen molar-refractivity contribution in [1.29, 1.82) is 0 Å². The minimum absolute atomic E-state index is 0.338. The molecule has 1 N–H and O–H groups in total. The average molecular weight is 269 g/mol. The molecule has 5 atom stereocenters. The van der Waals surface area contributed by atoms with Gasteiger partial charge in [0.1, 0.15) is 0 Å². The van der Waals surface area contributed by atoms with Crippen molar-refractivity contribution in [2.45, 2.75) is 69.9 Å². The highest BCUT2D eigenvalue weighted by molar-refractivity contribution is 7.99. The van der Waals surface area contributed by atoms with Crippen molar-refractivity contribution in [3.05, 3.63) is 0 Å². The molecule has 0 spiro atoms. The summed E-state index contributed by atoms with van der Waals surface area (Å²) in [6, 6.07) is 1.44. The zero-order valence-electron chi connectivity index (χ0n) is 11.9. The van der Waals surface area contributed by atoms with Crippen LogP contribution in [-0.4, -0.2) is 35.8 Å². The van der Waals surface area contributed by atoms with E-state index < -0.39 is 0 Å². The summed E-state index contributed by atoms with van der Waals surface area (Å²) in [4.78, 5) is 0. The van der Waals surface area contributed by atoms with Crippen LogP contribution in [0, 0.1) is 11.3 Å². The summed E-state index contributed by atoms with van der Waals surface area (Å²) in [6.45, 7) is 8.03. The van der Waals surface area contributed by atoms with Gasteiger partial charge in [-0.15, -0.1) is 0 Å². The predicted octanol–water partition coefficient (Wildman–Crippen LogP) is 3.06. The van der Waals surface area contributed by atoms with Crippen LogP contribution in [-0.2, 0) is 4.74 Å². The Bertz CT molecular complexity index is 307. The van der Waals surface area contributed by atoms with Crippen molar-refractivity contribution in [3.63, 3.8) is 0 Å². The van der Waals surface area contributed by atoms with Crippen molar-refractivity contribution in [1.82, 2.24) is 5.32 Å². The number of ether oxygens (including phenoxy) is 1. The van der Waals surface area contributed by atoms with Crippen molar-refractivity contribution < 1.29 is 4.74 Å². The molecule has 1 aliphatic heterocycles. The molecular formula is C15H27NOS. The van der Waals surface area contributed by atoms with E-state index in [0.29, 0.717) is 17.6 Å². The van der Waals surface area contributed by atoms with Crippen LogP contribution < -0.4 is 5.32 Å². The molecule has 2 aliphatic carbocycles. The van der Waals surface area contributed by atoms with E-state index in [1.165, 1.54) is 31.4 Å². The number of fused-ring (bicyclic) bond motifs is 1. The van der Waals surface area contributed by atoms with Gasteiger partial charge in [-0.3, -0.25) is 0 Å². The first kappa shape index (κ1) is 13.3. The zero-order chi connectivity index (χ0) is 12.8. The van der Waals surface area contributed by atoms with E-state index in [1.54, 1.807) is 0 Å². The average Bonchev–Trinajstić information content (AvgIpc) is 2.93. The maximum absolute atomic E-state index is 5.89. The van der Waals surface area contributed by atoms with Crippen molar-refractivity contribution in [3.8, 4) is 0 Å². The molecule has 0 aromatic carbocycles. The minimum atomic E-state index is 0.338. The van der Waals surface area contributed by atoms with Crippen LogP contribution in [0.1, 0.15) is 46.5 Å². The molecule has 0 bridgehead atoms. The molecule has 0 amide bonds. The molecule has 104 valence electrons. The summed E-state index contributed by atoms with van der Waals surface area (Å²) in [6.07, 6.45) is 5.99. The summed E-state index contributed by atoms with van der Waals surface area (Å²) in [7, 11) is 0. The third kappa shape index (κ3) is 2.03. The normalized spacial score (nSPS) is 45.8. The van der Waals surface area contributed by atoms with E-state index in [4.69, 9.17) is 4.74 Å². The van der Waals surface area contributed by atoms with Gasteiger partial charge in [0, 0.05) is 35.3 Å². The summed E-state index contributed by atoms with van der Waals surface area (Å²) >= 11 is 2.16. The van der Waals surface area contributed by atoms with Gasteiger partial charge < -0.3 is 10.1 Å². The van der Waals surface area contributed by atoms with Crippen LogP contribution in [0.5, 0.6) is 0 Å². The lowest BCUT2D eigenvalue weighted by Crippen LogP contribution is -2.67.